The number of para-hydroxylation sites is 2. The largest absolute Gasteiger partial charge is 0.334 e. The molecule has 0 amide bonds. The van der Waals surface area contributed by atoms with Crippen LogP contribution in [-0.4, -0.2) is 20.6 Å². The minimum absolute atomic E-state index is 0.241. The number of benzene rings is 4. The molecule has 2 aliphatic carbocycles. The highest BCUT2D eigenvalue weighted by Crippen LogP contribution is 2.50. The zero-order chi connectivity index (χ0) is 39.6. The van der Waals surface area contributed by atoms with Crippen LogP contribution < -0.4 is 4.90 Å². The predicted molar refractivity (Wildman–Crippen MR) is 242 cm³/mol. The van der Waals surface area contributed by atoms with Crippen molar-refractivity contribution in [2.45, 2.75) is 79.7 Å². The lowest BCUT2D eigenvalue weighted by atomic mass is 9.88. The van der Waals surface area contributed by atoms with Gasteiger partial charge >= 0.3 is 0 Å². The first-order valence-corrected chi connectivity index (χ1v) is 20.3. The molecule has 0 spiro atoms. The maximum absolute atomic E-state index is 5.28. The van der Waals surface area contributed by atoms with Gasteiger partial charge in [-0.25, -0.2) is 9.97 Å². The number of aromatic nitrogens is 3. The third-order valence-corrected chi connectivity index (χ3v) is 10.5. The van der Waals surface area contributed by atoms with E-state index in [0.29, 0.717) is 0 Å². The summed E-state index contributed by atoms with van der Waals surface area (Å²) in [4.78, 5) is 13.1. The summed E-state index contributed by atoms with van der Waals surface area (Å²) in [6, 6.07) is 39.6. The summed E-state index contributed by atoms with van der Waals surface area (Å²) in [7, 11) is 0. The molecular formula is C52H54N4. The summed E-state index contributed by atoms with van der Waals surface area (Å²) in [6.07, 6.45) is 24.9. The molecule has 0 bridgehead atoms. The Morgan fingerprint density at radius 1 is 0.750 bits per heavy atom. The Bertz CT molecular complexity index is 2410. The number of nitrogens with zero attached hydrogens (tertiary/aromatic N) is 4. The lowest BCUT2D eigenvalue weighted by Crippen LogP contribution is -2.36. The van der Waals surface area contributed by atoms with Gasteiger partial charge in [-0.05, 0) is 106 Å². The molecule has 3 heterocycles. The predicted octanol–water partition coefficient (Wildman–Crippen LogP) is 13.9. The van der Waals surface area contributed by atoms with Crippen LogP contribution in [0.1, 0.15) is 89.2 Å². The average Bonchev–Trinajstić information content (AvgIpc) is 3.55. The lowest BCUT2D eigenvalue weighted by molar-refractivity contribution is 0.634. The van der Waals surface area contributed by atoms with Gasteiger partial charge in [-0.1, -0.05) is 119 Å². The van der Waals surface area contributed by atoms with E-state index < -0.39 is 0 Å². The molecule has 0 radical (unpaired) electrons. The number of fused-ring (bicyclic) bond motifs is 6. The SMILES string of the molecule is C#C.C/C=C\c1c(C)nc(-c2ccc3c(c2)c2c(n3-c3ccccc3)C3=CCCCC3N(c3ccccc3)C3=C2CCC=C3)nc1-c1ccccc1.CC.CC. The van der Waals surface area contributed by atoms with Crippen LogP contribution in [-0.2, 0) is 0 Å². The molecule has 282 valence electrons. The smallest absolute Gasteiger partial charge is 0.160 e. The zero-order valence-corrected chi connectivity index (χ0v) is 33.8. The first-order valence-electron chi connectivity index (χ1n) is 20.3. The summed E-state index contributed by atoms with van der Waals surface area (Å²) in [5, 5.41) is 1.25. The number of hydrogen-bond acceptors (Lipinski definition) is 3. The molecule has 1 unspecified atom stereocenters. The number of rotatable bonds is 5. The van der Waals surface area contributed by atoms with Crippen molar-refractivity contribution in [3.8, 4) is 41.2 Å². The van der Waals surface area contributed by atoms with E-state index in [4.69, 9.17) is 9.97 Å². The number of anilines is 1. The summed E-state index contributed by atoms with van der Waals surface area (Å²) >= 11 is 0. The minimum Gasteiger partial charge on any atom is -0.334 e. The second-order valence-corrected chi connectivity index (χ2v) is 13.5. The van der Waals surface area contributed by atoms with Crippen molar-refractivity contribution in [2.24, 2.45) is 0 Å². The van der Waals surface area contributed by atoms with Crippen molar-refractivity contribution in [3.05, 3.63) is 162 Å². The molecule has 3 aliphatic rings. The number of terminal acetylenes is 1. The van der Waals surface area contributed by atoms with E-state index in [0.717, 1.165) is 59.6 Å². The summed E-state index contributed by atoms with van der Waals surface area (Å²) in [6.45, 7) is 12.1. The Morgan fingerprint density at radius 3 is 2.09 bits per heavy atom. The van der Waals surface area contributed by atoms with Gasteiger partial charge in [0.15, 0.2) is 5.82 Å². The molecule has 4 nitrogen and oxygen atoms in total. The molecular weight excluding hydrogens is 681 g/mol. The molecule has 2 aromatic heterocycles. The van der Waals surface area contributed by atoms with Crippen molar-refractivity contribution < 1.29 is 0 Å². The molecule has 0 saturated carbocycles. The van der Waals surface area contributed by atoms with Gasteiger partial charge < -0.3 is 9.47 Å². The van der Waals surface area contributed by atoms with Gasteiger partial charge in [0.05, 0.1) is 22.9 Å². The third-order valence-electron chi connectivity index (χ3n) is 10.5. The molecule has 4 heteroatoms. The summed E-state index contributed by atoms with van der Waals surface area (Å²) in [5.74, 6) is 0.754. The number of hydrogen-bond donors (Lipinski definition) is 0. The van der Waals surface area contributed by atoms with Crippen molar-refractivity contribution in [3.63, 3.8) is 0 Å². The van der Waals surface area contributed by atoms with Crippen LogP contribution >= 0.6 is 0 Å². The zero-order valence-electron chi connectivity index (χ0n) is 33.8. The Morgan fingerprint density at radius 2 is 1.41 bits per heavy atom. The third kappa shape index (κ3) is 7.30. The minimum atomic E-state index is 0.241. The number of aryl methyl sites for hydroxylation is 1. The highest BCUT2D eigenvalue weighted by molar-refractivity contribution is 6.05. The molecule has 6 aromatic rings. The van der Waals surface area contributed by atoms with E-state index in [1.54, 1.807) is 0 Å². The Hall–Kier alpha value is -6.18. The average molecular weight is 735 g/mol. The molecule has 4 aromatic carbocycles. The maximum atomic E-state index is 5.28. The van der Waals surface area contributed by atoms with Crippen LogP contribution in [0, 0.1) is 19.8 Å². The van der Waals surface area contributed by atoms with E-state index in [2.05, 4.69) is 169 Å². The molecule has 0 N–H and O–H groups in total. The standard InChI is InChI=1S/C46H40N4.2C2H6.C2H2/c1-3-17-36-31(2)47-46(48-44(36)32-18-7-4-8-19-32)33-28-29-42-39(30-33)43-37-24-13-15-26-40(37)49(34-20-9-5-10-21-34)41-27-16-14-25-38(41)45(43)50(42)35-22-11-6-12-23-35;3*1-2/h3-12,15,17-23,25-26,28-30,41H,13-14,16,24,27H2,1-2H3;2*1-2H3;1-2H/b17-3-;;;. The maximum Gasteiger partial charge on any atom is 0.160 e. The van der Waals surface area contributed by atoms with E-state index in [1.807, 2.05) is 34.6 Å². The lowest BCUT2D eigenvalue weighted by Gasteiger charge is -2.38. The van der Waals surface area contributed by atoms with Crippen LogP contribution in [0.5, 0.6) is 0 Å². The fourth-order valence-electron chi connectivity index (χ4n) is 8.34. The van der Waals surface area contributed by atoms with Crippen LogP contribution in [0.3, 0.4) is 0 Å². The van der Waals surface area contributed by atoms with Gasteiger partial charge in [-0.2, -0.15) is 0 Å². The van der Waals surface area contributed by atoms with Gasteiger partial charge in [0.1, 0.15) is 0 Å². The van der Waals surface area contributed by atoms with Crippen molar-refractivity contribution in [2.75, 3.05) is 4.90 Å². The second-order valence-electron chi connectivity index (χ2n) is 13.5. The van der Waals surface area contributed by atoms with Crippen molar-refractivity contribution >= 4 is 33.8 Å². The quantitative estimate of drug-likeness (QED) is 0.165. The van der Waals surface area contributed by atoms with Gasteiger partial charge in [0.25, 0.3) is 0 Å². The van der Waals surface area contributed by atoms with E-state index >= 15 is 0 Å². The highest BCUT2D eigenvalue weighted by atomic mass is 15.2. The molecule has 0 fully saturated rings. The monoisotopic (exact) mass is 734 g/mol. The van der Waals surface area contributed by atoms with Crippen LogP contribution in [0.2, 0.25) is 0 Å². The van der Waals surface area contributed by atoms with Crippen LogP contribution in [0.15, 0.2) is 139 Å². The first kappa shape index (κ1) is 39.5. The van der Waals surface area contributed by atoms with Crippen molar-refractivity contribution in [1.29, 1.82) is 0 Å². The molecule has 1 atom stereocenters. The topological polar surface area (TPSA) is 34.0 Å². The van der Waals surface area contributed by atoms with Crippen LogP contribution in [0.25, 0.3) is 56.5 Å². The van der Waals surface area contributed by atoms with Gasteiger partial charge in [0, 0.05) is 50.4 Å². The van der Waals surface area contributed by atoms with Crippen molar-refractivity contribution in [1.82, 2.24) is 14.5 Å². The van der Waals surface area contributed by atoms with E-state index in [-0.39, 0.29) is 6.04 Å². The van der Waals surface area contributed by atoms with E-state index in [9.17, 15) is 0 Å². The Balaban J connectivity index is 0.000000847. The van der Waals surface area contributed by atoms with Crippen LogP contribution in [0.4, 0.5) is 5.69 Å². The summed E-state index contributed by atoms with van der Waals surface area (Å²) < 4.78 is 2.53. The van der Waals surface area contributed by atoms with Gasteiger partial charge in [-0.15, -0.1) is 12.8 Å². The fourth-order valence-corrected chi connectivity index (χ4v) is 8.34. The van der Waals surface area contributed by atoms with Gasteiger partial charge in [-0.3, -0.25) is 0 Å². The number of allylic oxidation sites excluding steroid dienone is 5. The fraction of sp³-hybridized carbons (Fsp3) is 0.231. The Kier molecular flexibility index (Phi) is 13.0. The van der Waals surface area contributed by atoms with E-state index in [1.165, 1.54) is 56.8 Å². The second kappa shape index (κ2) is 18.4. The first-order chi connectivity index (χ1) is 27.7. The molecule has 0 saturated heterocycles. The molecule has 1 aliphatic heterocycles. The normalized spacial score (nSPS) is 15.5. The Labute approximate surface area is 334 Å². The van der Waals surface area contributed by atoms with Gasteiger partial charge in [0.2, 0.25) is 0 Å². The molecule has 56 heavy (non-hydrogen) atoms. The molecule has 9 rings (SSSR count). The summed E-state index contributed by atoms with van der Waals surface area (Å²) in [5.41, 5.74) is 15.6. The highest BCUT2D eigenvalue weighted by Gasteiger charge is 2.38.